The number of rotatable bonds is 6. The summed E-state index contributed by atoms with van der Waals surface area (Å²) in [6, 6.07) is 6.57. The maximum absolute atomic E-state index is 10.3. The van der Waals surface area contributed by atoms with Crippen molar-refractivity contribution in [3.8, 4) is 11.5 Å². The highest BCUT2D eigenvalue weighted by Gasteiger charge is 2.54. The quantitative estimate of drug-likeness (QED) is 0.864. The highest BCUT2D eigenvalue weighted by atomic mass is 32.2. The monoisotopic (exact) mass is 337 g/mol. The summed E-state index contributed by atoms with van der Waals surface area (Å²) in [7, 11) is 5.56. The number of nitrogens with zero attached hydrogens (tertiary/aromatic N) is 1. The number of thioether (sulfide) groups is 1. The number of hydrogen-bond donors (Lipinski definition) is 1. The smallest absolute Gasteiger partial charge is 0.127 e. The van der Waals surface area contributed by atoms with E-state index in [4.69, 9.17) is 9.47 Å². The van der Waals surface area contributed by atoms with Crippen LogP contribution in [0.2, 0.25) is 0 Å². The van der Waals surface area contributed by atoms with Crippen molar-refractivity contribution in [1.29, 1.82) is 0 Å². The number of fused-ring (bicyclic) bond motifs is 1. The lowest BCUT2D eigenvalue weighted by atomic mass is 9.70. The van der Waals surface area contributed by atoms with Gasteiger partial charge in [-0.25, -0.2) is 0 Å². The Hall–Kier alpha value is -0.910. The van der Waals surface area contributed by atoms with Crippen LogP contribution in [0.5, 0.6) is 11.5 Å². The first-order valence-corrected chi connectivity index (χ1v) is 9.49. The van der Waals surface area contributed by atoms with Crippen LogP contribution in [-0.2, 0) is 6.54 Å². The Morgan fingerprint density at radius 3 is 2.65 bits per heavy atom. The summed E-state index contributed by atoms with van der Waals surface area (Å²) in [5.41, 5.74) is 1.18. The standard InChI is InChI=1S/C18H27NO3S/c1-19(10-11-5-6-12(21-2)7-16(11)22-3)15-8-14-13(15)9-17(23-4)18(14)20/h5-7,13-15,17-18,20H,8-10H2,1-4H3/t13-,14-,15+,17+,18+/m0/s1. The molecule has 0 spiro atoms. The molecule has 1 aromatic rings. The summed E-state index contributed by atoms with van der Waals surface area (Å²) in [5.74, 6) is 2.83. The highest BCUT2D eigenvalue weighted by molar-refractivity contribution is 7.99. The number of methoxy groups -OCH3 is 2. The Morgan fingerprint density at radius 2 is 2.00 bits per heavy atom. The Bertz CT molecular complexity index is 553. The number of benzene rings is 1. The fourth-order valence-corrected chi connectivity index (χ4v) is 5.13. The Morgan fingerprint density at radius 1 is 1.22 bits per heavy atom. The van der Waals surface area contributed by atoms with Crippen molar-refractivity contribution in [1.82, 2.24) is 4.90 Å². The van der Waals surface area contributed by atoms with Crippen LogP contribution < -0.4 is 9.47 Å². The SMILES string of the molecule is COc1ccc(CN(C)[C@@H]2C[C@@H]3[C@@H](O)[C@H](SC)C[C@@H]32)c(OC)c1. The lowest BCUT2D eigenvalue weighted by Gasteiger charge is -2.46. The van der Waals surface area contributed by atoms with Gasteiger partial charge in [-0.3, -0.25) is 4.90 Å². The van der Waals surface area contributed by atoms with E-state index in [1.807, 2.05) is 23.9 Å². The van der Waals surface area contributed by atoms with E-state index in [9.17, 15) is 5.11 Å². The Labute approximate surface area is 143 Å². The van der Waals surface area contributed by atoms with E-state index >= 15 is 0 Å². The molecule has 2 fully saturated rings. The van der Waals surface area contributed by atoms with Crippen molar-refractivity contribution in [2.75, 3.05) is 27.5 Å². The van der Waals surface area contributed by atoms with Gasteiger partial charge in [-0.15, -0.1) is 0 Å². The van der Waals surface area contributed by atoms with Crippen LogP contribution in [0.3, 0.4) is 0 Å². The van der Waals surface area contributed by atoms with Gasteiger partial charge < -0.3 is 14.6 Å². The third-order valence-corrected chi connectivity index (χ3v) is 6.74. The molecule has 0 aromatic heterocycles. The molecule has 0 heterocycles. The van der Waals surface area contributed by atoms with Gasteiger partial charge in [-0.05, 0) is 44.0 Å². The Balaban J connectivity index is 1.66. The first kappa shape index (κ1) is 16.9. The van der Waals surface area contributed by atoms with E-state index in [0.29, 0.717) is 23.1 Å². The molecule has 1 N–H and O–H groups in total. The minimum atomic E-state index is -0.116. The summed E-state index contributed by atoms with van der Waals surface area (Å²) < 4.78 is 10.8. The average Bonchev–Trinajstić information content (AvgIpc) is 2.78. The second kappa shape index (κ2) is 6.91. The van der Waals surface area contributed by atoms with Gasteiger partial charge >= 0.3 is 0 Å². The average molecular weight is 337 g/mol. The van der Waals surface area contributed by atoms with E-state index in [0.717, 1.165) is 30.9 Å². The molecule has 23 heavy (non-hydrogen) atoms. The molecule has 1 aromatic carbocycles. The van der Waals surface area contributed by atoms with Crippen LogP contribution in [-0.4, -0.2) is 54.9 Å². The van der Waals surface area contributed by atoms with E-state index in [-0.39, 0.29) is 6.10 Å². The van der Waals surface area contributed by atoms with Crippen molar-refractivity contribution in [2.24, 2.45) is 11.8 Å². The molecule has 128 valence electrons. The summed E-state index contributed by atoms with van der Waals surface area (Å²) in [4.78, 5) is 2.42. The maximum Gasteiger partial charge on any atom is 0.127 e. The van der Waals surface area contributed by atoms with Crippen molar-refractivity contribution >= 4 is 11.8 Å². The minimum absolute atomic E-state index is 0.116. The molecule has 0 unspecified atom stereocenters. The van der Waals surface area contributed by atoms with Crippen LogP contribution in [0.15, 0.2) is 18.2 Å². The molecular formula is C18H27NO3S. The molecule has 3 rings (SSSR count). The number of aliphatic hydroxyl groups excluding tert-OH is 1. The molecule has 2 saturated carbocycles. The molecule has 5 atom stereocenters. The fraction of sp³-hybridized carbons (Fsp3) is 0.667. The van der Waals surface area contributed by atoms with Crippen LogP contribution in [0.25, 0.3) is 0 Å². The maximum atomic E-state index is 10.3. The van der Waals surface area contributed by atoms with Gasteiger partial charge in [0.2, 0.25) is 0 Å². The number of aliphatic hydroxyl groups is 1. The lowest BCUT2D eigenvalue weighted by Crippen LogP contribution is -2.51. The second-order valence-corrected chi connectivity index (χ2v) is 7.80. The normalized spacial score (nSPS) is 32.5. The van der Waals surface area contributed by atoms with Crippen LogP contribution in [0.1, 0.15) is 18.4 Å². The molecule has 0 bridgehead atoms. The predicted molar refractivity (Wildman–Crippen MR) is 94.3 cm³/mol. The zero-order valence-corrected chi connectivity index (χ0v) is 15.2. The molecule has 0 saturated heterocycles. The Kier molecular flexibility index (Phi) is 5.09. The minimum Gasteiger partial charge on any atom is -0.497 e. The van der Waals surface area contributed by atoms with Crippen molar-refractivity contribution in [3.63, 3.8) is 0 Å². The van der Waals surface area contributed by atoms with E-state index in [2.05, 4.69) is 24.3 Å². The topological polar surface area (TPSA) is 41.9 Å². The molecule has 5 heteroatoms. The molecule has 2 aliphatic carbocycles. The van der Waals surface area contributed by atoms with E-state index in [1.54, 1.807) is 14.2 Å². The van der Waals surface area contributed by atoms with Crippen molar-refractivity contribution in [3.05, 3.63) is 23.8 Å². The fourth-order valence-electron chi connectivity index (χ4n) is 4.24. The second-order valence-electron chi connectivity index (χ2n) is 6.72. The molecule has 0 amide bonds. The van der Waals surface area contributed by atoms with Crippen LogP contribution in [0.4, 0.5) is 0 Å². The van der Waals surface area contributed by atoms with Gasteiger partial charge in [0.15, 0.2) is 0 Å². The van der Waals surface area contributed by atoms with Gasteiger partial charge in [0, 0.05) is 29.5 Å². The molecular weight excluding hydrogens is 310 g/mol. The zero-order valence-electron chi connectivity index (χ0n) is 14.4. The van der Waals surface area contributed by atoms with Gasteiger partial charge in [0.25, 0.3) is 0 Å². The van der Waals surface area contributed by atoms with Gasteiger partial charge in [0.1, 0.15) is 11.5 Å². The van der Waals surface area contributed by atoms with Crippen molar-refractivity contribution in [2.45, 2.75) is 36.8 Å². The first-order valence-electron chi connectivity index (χ1n) is 8.21. The highest BCUT2D eigenvalue weighted by Crippen LogP contribution is 2.52. The summed E-state index contributed by atoms with van der Waals surface area (Å²) in [6.07, 6.45) is 4.24. The third kappa shape index (κ3) is 3.06. The molecule has 0 radical (unpaired) electrons. The number of ether oxygens (including phenoxy) is 2. The number of hydrogen-bond acceptors (Lipinski definition) is 5. The first-order chi connectivity index (χ1) is 11.1. The molecule has 0 aliphatic heterocycles. The summed E-state index contributed by atoms with van der Waals surface area (Å²) >= 11 is 1.81. The third-order valence-electron chi connectivity index (χ3n) is 5.66. The van der Waals surface area contributed by atoms with Gasteiger partial charge in [-0.1, -0.05) is 6.07 Å². The van der Waals surface area contributed by atoms with Crippen LogP contribution >= 0.6 is 11.8 Å². The van der Waals surface area contributed by atoms with Gasteiger partial charge in [-0.2, -0.15) is 11.8 Å². The molecule has 4 nitrogen and oxygen atoms in total. The van der Waals surface area contributed by atoms with Gasteiger partial charge in [0.05, 0.1) is 20.3 Å². The van der Waals surface area contributed by atoms with Crippen LogP contribution in [0, 0.1) is 11.8 Å². The summed E-state index contributed by atoms with van der Waals surface area (Å²) in [6.45, 7) is 0.862. The van der Waals surface area contributed by atoms with E-state index in [1.165, 1.54) is 5.56 Å². The van der Waals surface area contributed by atoms with E-state index < -0.39 is 0 Å². The lowest BCUT2D eigenvalue weighted by molar-refractivity contribution is -0.0142. The summed E-state index contributed by atoms with van der Waals surface area (Å²) in [5, 5.41) is 10.8. The predicted octanol–water partition coefficient (Wildman–Crippen LogP) is 2.64. The van der Waals surface area contributed by atoms with Crippen molar-refractivity contribution < 1.29 is 14.6 Å². The zero-order chi connectivity index (χ0) is 16.6. The molecule has 2 aliphatic rings. The largest absolute Gasteiger partial charge is 0.497 e.